The molecule has 2 rings (SSSR count). The highest BCUT2D eigenvalue weighted by molar-refractivity contribution is 9.10. The predicted octanol–water partition coefficient (Wildman–Crippen LogP) is 2.68. The molecular weight excluding hydrogens is 282 g/mol. The number of rotatable bonds is 5. The zero-order chi connectivity index (χ0) is 12.1. The van der Waals surface area contributed by atoms with Crippen LogP contribution in [-0.4, -0.2) is 13.3 Å². The second kappa shape index (κ2) is 5.95. The van der Waals surface area contributed by atoms with E-state index < -0.39 is 0 Å². The summed E-state index contributed by atoms with van der Waals surface area (Å²) in [6.07, 6.45) is 7.01. The van der Waals surface area contributed by atoms with Crippen molar-refractivity contribution >= 4 is 15.9 Å². The smallest absolute Gasteiger partial charge is 0.231 e. The normalized spacial score (nSPS) is 12.5. The number of ether oxygens (including phenoxy) is 2. The Balaban J connectivity index is 1.90. The maximum Gasteiger partial charge on any atom is 0.231 e. The number of hydrogen-bond donors (Lipinski definition) is 1. The molecule has 0 saturated carbocycles. The number of fused-ring (bicyclic) bond motifs is 1. The van der Waals surface area contributed by atoms with Gasteiger partial charge in [-0.3, -0.25) is 0 Å². The van der Waals surface area contributed by atoms with Gasteiger partial charge in [0.2, 0.25) is 6.79 Å². The number of benzene rings is 1. The first-order chi connectivity index (χ1) is 8.31. The minimum atomic E-state index is 0.299. The average Bonchev–Trinajstić information content (AvgIpc) is 2.77. The number of terminal acetylenes is 1. The molecule has 0 atom stereocenters. The van der Waals surface area contributed by atoms with Crippen LogP contribution in [0.4, 0.5) is 0 Å². The minimum absolute atomic E-state index is 0.299. The maximum atomic E-state index is 5.36. The van der Waals surface area contributed by atoms with Gasteiger partial charge in [0.25, 0.3) is 0 Å². The summed E-state index contributed by atoms with van der Waals surface area (Å²) in [6.45, 7) is 2.03. The Morgan fingerprint density at radius 3 is 3.12 bits per heavy atom. The van der Waals surface area contributed by atoms with Crippen molar-refractivity contribution in [1.82, 2.24) is 5.32 Å². The predicted molar refractivity (Wildman–Crippen MR) is 70.0 cm³/mol. The Labute approximate surface area is 110 Å². The summed E-state index contributed by atoms with van der Waals surface area (Å²) in [6, 6.07) is 4.04. The third kappa shape index (κ3) is 3.15. The fraction of sp³-hybridized carbons (Fsp3) is 0.385. The summed E-state index contributed by atoms with van der Waals surface area (Å²) in [5.74, 6) is 4.22. The number of nitrogens with one attached hydrogen (secondary N) is 1. The molecular formula is C13H14BrNO2. The van der Waals surface area contributed by atoms with Crippen LogP contribution in [0.3, 0.4) is 0 Å². The van der Waals surface area contributed by atoms with Crippen LogP contribution in [0, 0.1) is 12.3 Å². The third-order valence-electron chi connectivity index (χ3n) is 2.49. The molecule has 1 N–H and O–H groups in total. The Kier molecular flexibility index (Phi) is 4.29. The summed E-state index contributed by atoms with van der Waals surface area (Å²) in [7, 11) is 0. The second-order valence-electron chi connectivity index (χ2n) is 3.80. The van der Waals surface area contributed by atoms with Crippen molar-refractivity contribution in [2.24, 2.45) is 0 Å². The van der Waals surface area contributed by atoms with Gasteiger partial charge in [-0.05, 0) is 46.6 Å². The molecule has 0 unspecified atom stereocenters. The summed E-state index contributed by atoms with van der Waals surface area (Å²) >= 11 is 3.47. The molecule has 0 bridgehead atoms. The van der Waals surface area contributed by atoms with Crippen molar-refractivity contribution in [3.63, 3.8) is 0 Å². The van der Waals surface area contributed by atoms with Gasteiger partial charge in [-0.1, -0.05) is 0 Å². The molecule has 1 aliphatic heterocycles. The molecule has 0 fully saturated rings. The molecule has 0 aromatic heterocycles. The molecule has 1 aromatic rings. The van der Waals surface area contributed by atoms with E-state index in [2.05, 4.69) is 27.2 Å². The first kappa shape index (κ1) is 12.3. The van der Waals surface area contributed by atoms with Gasteiger partial charge in [-0.15, -0.1) is 12.3 Å². The van der Waals surface area contributed by atoms with Gasteiger partial charge in [0.05, 0.1) is 4.47 Å². The number of halogens is 1. The van der Waals surface area contributed by atoms with Crippen LogP contribution in [0.2, 0.25) is 0 Å². The van der Waals surface area contributed by atoms with Crippen molar-refractivity contribution in [2.75, 3.05) is 13.3 Å². The van der Waals surface area contributed by atoms with Crippen molar-refractivity contribution in [2.45, 2.75) is 19.4 Å². The van der Waals surface area contributed by atoms with E-state index in [1.807, 2.05) is 12.1 Å². The van der Waals surface area contributed by atoms with E-state index in [9.17, 15) is 0 Å². The first-order valence-corrected chi connectivity index (χ1v) is 6.33. The van der Waals surface area contributed by atoms with E-state index in [1.165, 1.54) is 5.56 Å². The Morgan fingerprint density at radius 1 is 1.41 bits per heavy atom. The van der Waals surface area contributed by atoms with Gasteiger partial charge in [0, 0.05) is 13.0 Å². The van der Waals surface area contributed by atoms with E-state index in [0.29, 0.717) is 6.79 Å². The molecule has 4 heteroatoms. The molecule has 1 heterocycles. The van der Waals surface area contributed by atoms with Crippen LogP contribution in [0.1, 0.15) is 18.4 Å². The number of hydrogen-bond acceptors (Lipinski definition) is 3. The summed E-state index contributed by atoms with van der Waals surface area (Å²) in [4.78, 5) is 0. The summed E-state index contributed by atoms with van der Waals surface area (Å²) < 4.78 is 11.6. The van der Waals surface area contributed by atoms with E-state index in [0.717, 1.165) is 41.9 Å². The molecule has 1 aromatic carbocycles. The van der Waals surface area contributed by atoms with E-state index in [-0.39, 0.29) is 0 Å². The van der Waals surface area contributed by atoms with Crippen molar-refractivity contribution in [3.8, 4) is 23.8 Å². The van der Waals surface area contributed by atoms with Gasteiger partial charge < -0.3 is 14.8 Å². The van der Waals surface area contributed by atoms with Crippen LogP contribution in [0.5, 0.6) is 11.5 Å². The van der Waals surface area contributed by atoms with Gasteiger partial charge >= 0.3 is 0 Å². The van der Waals surface area contributed by atoms with Crippen LogP contribution in [0.15, 0.2) is 16.6 Å². The highest BCUT2D eigenvalue weighted by Gasteiger charge is 2.17. The van der Waals surface area contributed by atoms with Gasteiger partial charge in [0.15, 0.2) is 11.5 Å². The zero-order valence-electron chi connectivity index (χ0n) is 9.46. The quantitative estimate of drug-likeness (QED) is 0.669. The lowest BCUT2D eigenvalue weighted by atomic mass is 10.2. The zero-order valence-corrected chi connectivity index (χ0v) is 11.0. The second-order valence-corrected chi connectivity index (χ2v) is 4.65. The average molecular weight is 296 g/mol. The van der Waals surface area contributed by atoms with Crippen LogP contribution in [-0.2, 0) is 6.54 Å². The molecule has 3 nitrogen and oxygen atoms in total. The lowest BCUT2D eigenvalue weighted by Crippen LogP contribution is -2.14. The first-order valence-electron chi connectivity index (χ1n) is 5.53. The van der Waals surface area contributed by atoms with Gasteiger partial charge in [-0.2, -0.15) is 0 Å². The van der Waals surface area contributed by atoms with Crippen molar-refractivity contribution < 1.29 is 9.47 Å². The summed E-state index contributed by atoms with van der Waals surface area (Å²) in [5.41, 5.74) is 1.17. The van der Waals surface area contributed by atoms with E-state index in [1.54, 1.807) is 0 Å². The van der Waals surface area contributed by atoms with Crippen LogP contribution >= 0.6 is 15.9 Å². The van der Waals surface area contributed by atoms with Crippen molar-refractivity contribution in [1.29, 1.82) is 0 Å². The maximum absolute atomic E-state index is 5.36. The molecule has 0 spiro atoms. The van der Waals surface area contributed by atoms with E-state index in [4.69, 9.17) is 15.9 Å². The molecule has 1 aliphatic rings. The Morgan fingerprint density at radius 2 is 2.29 bits per heavy atom. The highest BCUT2D eigenvalue weighted by atomic mass is 79.9. The fourth-order valence-corrected chi connectivity index (χ4v) is 2.27. The Bertz CT molecular complexity index is 440. The molecule has 17 heavy (non-hydrogen) atoms. The molecule has 0 saturated heterocycles. The van der Waals surface area contributed by atoms with Gasteiger partial charge in [-0.25, -0.2) is 0 Å². The minimum Gasteiger partial charge on any atom is -0.454 e. The van der Waals surface area contributed by atoms with Crippen LogP contribution in [0.25, 0.3) is 0 Å². The fourth-order valence-electron chi connectivity index (χ4n) is 1.67. The molecule has 0 aliphatic carbocycles. The SMILES string of the molecule is C#CCCCNCc1cc(Br)c2c(c1)OCO2. The molecule has 0 radical (unpaired) electrons. The molecule has 0 amide bonds. The third-order valence-corrected chi connectivity index (χ3v) is 3.08. The Hall–Kier alpha value is -1.18. The topological polar surface area (TPSA) is 30.5 Å². The van der Waals surface area contributed by atoms with Gasteiger partial charge in [0.1, 0.15) is 0 Å². The lowest BCUT2D eigenvalue weighted by Gasteiger charge is -2.06. The van der Waals surface area contributed by atoms with E-state index >= 15 is 0 Å². The number of unbranched alkanes of at least 4 members (excludes halogenated alkanes) is 1. The monoisotopic (exact) mass is 295 g/mol. The standard InChI is InChI=1S/C13H14BrNO2/c1-2-3-4-5-15-8-10-6-11(14)13-12(7-10)16-9-17-13/h1,6-7,15H,3-5,8-9H2. The highest BCUT2D eigenvalue weighted by Crippen LogP contribution is 2.39. The van der Waals surface area contributed by atoms with Crippen LogP contribution < -0.4 is 14.8 Å². The summed E-state index contributed by atoms with van der Waals surface area (Å²) in [5, 5.41) is 3.34. The van der Waals surface area contributed by atoms with Crippen molar-refractivity contribution in [3.05, 3.63) is 22.2 Å². The molecule has 90 valence electrons. The lowest BCUT2D eigenvalue weighted by molar-refractivity contribution is 0.173. The largest absolute Gasteiger partial charge is 0.454 e.